The van der Waals surface area contributed by atoms with E-state index in [0.717, 1.165) is 13.0 Å². The van der Waals surface area contributed by atoms with Crippen LogP contribution in [-0.4, -0.2) is 24.4 Å². The number of aliphatic hydroxyl groups is 1. The van der Waals surface area contributed by atoms with Gasteiger partial charge >= 0.3 is 0 Å². The number of aliphatic hydroxyl groups excluding tert-OH is 1. The lowest BCUT2D eigenvalue weighted by Gasteiger charge is -2.26. The summed E-state index contributed by atoms with van der Waals surface area (Å²) in [6.07, 6.45) is 2.89. The molecular formula is C11H22O2. The van der Waals surface area contributed by atoms with Gasteiger partial charge in [-0.05, 0) is 12.3 Å². The summed E-state index contributed by atoms with van der Waals surface area (Å²) in [7, 11) is 0. The number of ether oxygens (including phenoxy) is 1. The second-order valence-electron chi connectivity index (χ2n) is 3.66. The molecule has 0 aliphatic rings. The Balaban J connectivity index is 4.12. The fourth-order valence-corrected chi connectivity index (χ4v) is 1.38. The van der Waals surface area contributed by atoms with E-state index in [-0.39, 0.29) is 18.6 Å². The molecule has 0 spiro atoms. The molecule has 0 aromatic carbocycles. The Hall–Kier alpha value is -0.340. The molecule has 0 heterocycles. The lowest BCUT2D eigenvalue weighted by Crippen LogP contribution is -2.30. The summed E-state index contributed by atoms with van der Waals surface area (Å²) in [6, 6.07) is 0. The van der Waals surface area contributed by atoms with Crippen molar-refractivity contribution in [2.24, 2.45) is 11.8 Å². The Kier molecular flexibility index (Phi) is 6.92. The van der Waals surface area contributed by atoms with Crippen molar-refractivity contribution in [2.75, 3.05) is 13.2 Å². The van der Waals surface area contributed by atoms with E-state index in [1.54, 1.807) is 6.08 Å². The van der Waals surface area contributed by atoms with Crippen LogP contribution in [0.2, 0.25) is 0 Å². The summed E-state index contributed by atoms with van der Waals surface area (Å²) in [5.74, 6) is 0.480. The van der Waals surface area contributed by atoms with Crippen LogP contribution in [0.4, 0.5) is 0 Å². The molecule has 0 aliphatic carbocycles. The molecular weight excluding hydrogens is 164 g/mol. The van der Waals surface area contributed by atoms with E-state index in [1.165, 1.54) is 0 Å². The third-order valence-electron chi connectivity index (χ3n) is 2.11. The highest BCUT2D eigenvalue weighted by atomic mass is 16.5. The average molecular weight is 186 g/mol. The Morgan fingerprint density at radius 1 is 1.46 bits per heavy atom. The van der Waals surface area contributed by atoms with E-state index in [0.29, 0.717) is 5.92 Å². The predicted octanol–water partition coefficient (Wildman–Crippen LogP) is 2.23. The molecule has 0 saturated carbocycles. The normalized spacial score (nSPS) is 15.8. The first-order chi connectivity index (χ1) is 6.17. The summed E-state index contributed by atoms with van der Waals surface area (Å²) in [4.78, 5) is 0. The fourth-order valence-electron chi connectivity index (χ4n) is 1.38. The van der Waals surface area contributed by atoms with Crippen molar-refractivity contribution in [1.29, 1.82) is 0 Å². The highest BCUT2D eigenvalue weighted by molar-refractivity contribution is 4.86. The largest absolute Gasteiger partial charge is 0.396 e. The van der Waals surface area contributed by atoms with Crippen LogP contribution in [0.15, 0.2) is 12.7 Å². The number of rotatable bonds is 7. The summed E-state index contributed by atoms with van der Waals surface area (Å²) in [5, 5.41) is 9.09. The first-order valence-electron chi connectivity index (χ1n) is 5.02. The van der Waals surface area contributed by atoms with Crippen LogP contribution in [-0.2, 0) is 4.74 Å². The zero-order chi connectivity index (χ0) is 10.3. The molecule has 0 rings (SSSR count). The standard InChI is InChI=1S/C11H22O2/c1-5-7-13-11(9(3)4)10(6-2)8-12/h6,9-12H,2,5,7-8H2,1,3-4H3/t10-,11+/m0/s1. The molecule has 2 atom stereocenters. The molecule has 0 aromatic rings. The molecule has 78 valence electrons. The molecule has 0 unspecified atom stereocenters. The molecule has 0 amide bonds. The minimum Gasteiger partial charge on any atom is -0.396 e. The van der Waals surface area contributed by atoms with Gasteiger partial charge in [0, 0.05) is 12.5 Å². The monoisotopic (exact) mass is 186 g/mol. The first kappa shape index (κ1) is 12.7. The lowest BCUT2D eigenvalue weighted by molar-refractivity contribution is -0.0183. The maximum atomic E-state index is 9.09. The van der Waals surface area contributed by atoms with Gasteiger partial charge in [0.1, 0.15) is 0 Å². The molecule has 0 saturated heterocycles. The topological polar surface area (TPSA) is 29.5 Å². The predicted molar refractivity (Wildman–Crippen MR) is 55.6 cm³/mol. The molecule has 0 aliphatic heterocycles. The SMILES string of the molecule is C=C[C@@H](CO)[C@H](OCCC)C(C)C. The summed E-state index contributed by atoms with van der Waals surface area (Å²) >= 11 is 0. The Labute approximate surface area is 81.6 Å². The number of hydrogen-bond donors (Lipinski definition) is 1. The first-order valence-corrected chi connectivity index (χ1v) is 5.02. The van der Waals surface area contributed by atoms with Crippen LogP contribution in [0, 0.1) is 11.8 Å². The number of hydrogen-bond acceptors (Lipinski definition) is 2. The van der Waals surface area contributed by atoms with Crippen LogP contribution in [0.25, 0.3) is 0 Å². The van der Waals surface area contributed by atoms with Gasteiger partial charge in [-0.2, -0.15) is 0 Å². The molecule has 0 fully saturated rings. The van der Waals surface area contributed by atoms with Crippen molar-refractivity contribution in [3.8, 4) is 0 Å². The van der Waals surface area contributed by atoms with Crippen molar-refractivity contribution >= 4 is 0 Å². The van der Waals surface area contributed by atoms with Gasteiger partial charge in [-0.1, -0.05) is 26.8 Å². The van der Waals surface area contributed by atoms with Crippen LogP contribution < -0.4 is 0 Å². The molecule has 2 nitrogen and oxygen atoms in total. The molecule has 2 heteroatoms. The minimum absolute atomic E-state index is 0.0616. The van der Waals surface area contributed by atoms with Crippen molar-refractivity contribution in [2.45, 2.75) is 33.3 Å². The molecule has 0 radical (unpaired) electrons. The summed E-state index contributed by atoms with van der Waals surface area (Å²) < 4.78 is 5.67. The smallest absolute Gasteiger partial charge is 0.0682 e. The Morgan fingerprint density at radius 3 is 2.38 bits per heavy atom. The van der Waals surface area contributed by atoms with Crippen molar-refractivity contribution in [1.82, 2.24) is 0 Å². The van der Waals surface area contributed by atoms with Gasteiger partial charge in [0.15, 0.2) is 0 Å². The third-order valence-corrected chi connectivity index (χ3v) is 2.11. The Bertz CT molecular complexity index is 132. The van der Waals surface area contributed by atoms with Crippen LogP contribution in [0.5, 0.6) is 0 Å². The van der Waals surface area contributed by atoms with Crippen LogP contribution in [0.3, 0.4) is 0 Å². The van der Waals surface area contributed by atoms with E-state index < -0.39 is 0 Å². The van der Waals surface area contributed by atoms with Crippen molar-refractivity contribution < 1.29 is 9.84 Å². The minimum atomic E-state index is 0.0616. The Morgan fingerprint density at radius 2 is 2.08 bits per heavy atom. The average Bonchev–Trinajstić information content (AvgIpc) is 2.11. The quantitative estimate of drug-likeness (QED) is 0.618. The van der Waals surface area contributed by atoms with Gasteiger partial charge in [0.05, 0.1) is 12.7 Å². The molecule has 1 N–H and O–H groups in total. The third kappa shape index (κ3) is 4.44. The highest BCUT2D eigenvalue weighted by Crippen LogP contribution is 2.17. The lowest BCUT2D eigenvalue weighted by atomic mass is 9.94. The molecule has 0 aromatic heterocycles. The van der Waals surface area contributed by atoms with E-state index in [2.05, 4.69) is 27.4 Å². The zero-order valence-corrected chi connectivity index (χ0v) is 8.99. The van der Waals surface area contributed by atoms with Gasteiger partial charge in [0.25, 0.3) is 0 Å². The van der Waals surface area contributed by atoms with Crippen LogP contribution >= 0.6 is 0 Å². The van der Waals surface area contributed by atoms with E-state index in [9.17, 15) is 0 Å². The molecule has 0 bridgehead atoms. The fraction of sp³-hybridized carbons (Fsp3) is 0.818. The highest BCUT2D eigenvalue weighted by Gasteiger charge is 2.21. The van der Waals surface area contributed by atoms with E-state index in [1.807, 2.05) is 0 Å². The van der Waals surface area contributed by atoms with Gasteiger partial charge in [-0.15, -0.1) is 6.58 Å². The van der Waals surface area contributed by atoms with E-state index >= 15 is 0 Å². The van der Waals surface area contributed by atoms with Gasteiger partial charge in [0.2, 0.25) is 0 Å². The second-order valence-corrected chi connectivity index (χ2v) is 3.66. The summed E-state index contributed by atoms with van der Waals surface area (Å²) in [6.45, 7) is 10.9. The van der Waals surface area contributed by atoms with Crippen molar-refractivity contribution in [3.63, 3.8) is 0 Å². The maximum absolute atomic E-state index is 9.09. The van der Waals surface area contributed by atoms with Crippen molar-refractivity contribution in [3.05, 3.63) is 12.7 Å². The second kappa shape index (κ2) is 7.10. The van der Waals surface area contributed by atoms with E-state index in [4.69, 9.17) is 9.84 Å². The van der Waals surface area contributed by atoms with Gasteiger partial charge in [-0.25, -0.2) is 0 Å². The van der Waals surface area contributed by atoms with Crippen LogP contribution in [0.1, 0.15) is 27.2 Å². The molecule has 13 heavy (non-hydrogen) atoms. The maximum Gasteiger partial charge on any atom is 0.0682 e. The zero-order valence-electron chi connectivity index (χ0n) is 8.99. The van der Waals surface area contributed by atoms with Gasteiger partial charge < -0.3 is 9.84 Å². The summed E-state index contributed by atoms with van der Waals surface area (Å²) in [5.41, 5.74) is 0. The van der Waals surface area contributed by atoms with Gasteiger partial charge in [-0.3, -0.25) is 0 Å².